The number of primary amides is 1. The van der Waals surface area contributed by atoms with E-state index in [1.807, 2.05) is 19.1 Å². The second-order valence-electron chi connectivity index (χ2n) is 5.93. The molecule has 0 fully saturated rings. The van der Waals surface area contributed by atoms with E-state index >= 15 is 0 Å². The topological polar surface area (TPSA) is 77.2 Å². The molecular formula is C19H16ClNO3S2. The minimum Gasteiger partial charge on any atom is -0.365 e. The Hall–Kier alpha value is -2.15. The molecular weight excluding hydrogens is 390 g/mol. The molecule has 2 aromatic carbocycles. The SMILES string of the molecule is Cc1c(C(N)=O)sc(-c2ccc(Cl)cc2)c1-c1ccc(S(C)(=O)=O)cc1. The van der Waals surface area contributed by atoms with Crippen molar-refractivity contribution in [3.8, 4) is 21.6 Å². The predicted octanol–water partition coefficient (Wildman–Crippen LogP) is 4.55. The molecule has 0 unspecified atom stereocenters. The van der Waals surface area contributed by atoms with Gasteiger partial charge in [0.05, 0.1) is 9.77 Å². The van der Waals surface area contributed by atoms with E-state index in [0.717, 1.165) is 27.1 Å². The fourth-order valence-corrected chi connectivity index (χ4v) is 4.71. The predicted molar refractivity (Wildman–Crippen MR) is 107 cm³/mol. The molecule has 3 rings (SSSR count). The molecule has 0 radical (unpaired) electrons. The van der Waals surface area contributed by atoms with Gasteiger partial charge in [0.15, 0.2) is 9.84 Å². The van der Waals surface area contributed by atoms with Gasteiger partial charge in [-0.15, -0.1) is 11.3 Å². The molecule has 2 N–H and O–H groups in total. The molecule has 3 aromatic rings. The molecule has 1 amide bonds. The third-order valence-electron chi connectivity index (χ3n) is 4.05. The van der Waals surface area contributed by atoms with Crippen molar-refractivity contribution in [1.82, 2.24) is 0 Å². The summed E-state index contributed by atoms with van der Waals surface area (Å²) < 4.78 is 23.4. The van der Waals surface area contributed by atoms with Crippen LogP contribution in [0.15, 0.2) is 53.4 Å². The van der Waals surface area contributed by atoms with Gasteiger partial charge < -0.3 is 5.73 Å². The van der Waals surface area contributed by atoms with Crippen LogP contribution in [-0.2, 0) is 9.84 Å². The number of sulfone groups is 1. The average molecular weight is 406 g/mol. The minimum absolute atomic E-state index is 0.248. The van der Waals surface area contributed by atoms with E-state index in [4.69, 9.17) is 17.3 Å². The summed E-state index contributed by atoms with van der Waals surface area (Å²) in [6.45, 7) is 1.84. The second kappa shape index (κ2) is 6.87. The quantitative estimate of drug-likeness (QED) is 0.691. The Kier molecular flexibility index (Phi) is 4.92. The second-order valence-corrected chi connectivity index (χ2v) is 9.40. The highest BCUT2D eigenvalue weighted by Crippen LogP contribution is 2.43. The number of carbonyl (C=O) groups is 1. The molecule has 4 nitrogen and oxygen atoms in total. The molecule has 0 saturated heterocycles. The molecule has 0 saturated carbocycles. The van der Waals surface area contributed by atoms with E-state index in [1.165, 1.54) is 17.6 Å². The molecule has 0 aliphatic carbocycles. The van der Waals surface area contributed by atoms with Crippen LogP contribution in [0, 0.1) is 6.92 Å². The highest BCUT2D eigenvalue weighted by atomic mass is 35.5. The highest BCUT2D eigenvalue weighted by molar-refractivity contribution is 7.90. The third kappa shape index (κ3) is 3.53. The molecule has 0 aliphatic rings. The monoisotopic (exact) mass is 405 g/mol. The van der Waals surface area contributed by atoms with E-state index in [-0.39, 0.29) is 4.90 Å². The summed E-state index contributed by atoms with van der Waals surface area (Å²) in [4.78, 5) is 13.4. The first-order valence-corrected chi connectivity index (χ1v) is 10.8. The number of amides is 1. The van der Waals surface area contributed by atoms with E-state index in [9.17, 15) is 13.2 Å². The molecule has 0 spiro atoms. The molecule has 1 heterocycles. The number of carbonyl (C=O) groups excluding carboxylic acids is 1. The zero-order chi connectivity index (χ0) is 19.1. The van der Waals surface area contributed by atoms with Crippen LogP contribution in [0.3, 0.4) is 0 Å². The van der Waals surface area contributed by atoms with Gasteiger partial charge in [-0.1, -0.05) is 35.9 Å². The molecule has 7 heteroatoms. The fourth-order valence-electron chi connectivity index (χ4n) is 2.77. The van der Waals surface area contributed by atoms with Gasteiger partial charge in [-0.3, -0.25) is 4.79 Å². The van der Waals surface area contributed by atoms with Crippen LogP contribution in [-0.4, -0.2) is 20.6 Å². The standard InChI is InChI=1S/C19H16ClNO3S2/c1-11-16(12-5-9-15(10-6-12)26(2,23)24)18(25-17(11)19(21)22)13-3-7-14(20)8-4-13/h3-10H,1-2H3,(H2,21,22). The number of thiophene rings is 1. The van der Waals surface area contributed by atoms with Crippen LogP contribution in [0.1, 0.15) is 15.2 Å². The number of nitrogens with two attached hydrogens (primary N) is 1. The zero-order valence-corrected chi connectivity index (χ0v) is 16.5. The number of halogens is 1. The molecule has 134 valence electrons. The van der Waals surface area contributed by atoms with E-state index in [2.05, 4.69) is 0 Å². The van der Waals surface area contributed by atoms with Crippen molar-refractivity contribution in [3.63, 3.8) is 0 Å². The number of benzene rings is 2. The van der Waals surface area contributed by atoms with Gasteiger partial charge in [-0.25, -0.2) is 8.42 Å². The lowest BCUT2D eigenvalue weighted by Gasteiger charge is -2.08. The lowest BCUT2D eigenvalue weighted by atomic mass is 9.98. The number of hydrogen-bond acceptors (Lipinski definition) is 4. The Morgan fingerprint density at radius 2 is 1.54 bits per heavy atom. The maximum atomic E-state index is 11.8. The van der Waals surface area contributed by atoms with Gasteiger partial charge in [0.2, 0.25) is 0 Å². The summed E-state index contributed by atoms with van der Waals surface area (Å²) in [6.07, 6.45) is 1.17. The molecule has 0 bridgehead atoms. The summed E-state index contributed by atoms with van der Waals surface area (Å²) in [5.74, 6) is -0.485. The number of hydrogen-bond donors (Lipinski definition) is 1. The maximum Gasteiger partial charge on any atom is 0.259 e. The lowest BCUT2D eigenvalue weighted by molar-refractivity contribution is 0.100. The van der Waals surface area contributed by atoms with Crippen LogP contribution >= 0.6 is 22.9 Å². The lowest BCUT2D eigenvalue weighted by Crippen LogP contribution is -2.10. The van der Waals surface area contributed by atoms with Crippen LogP contribution in [0.5, 0.6) is 0 Å². The van der Waals surface area contributed by atoms with Crippen LogP contribution < -0.4 is 5.73 Å². The normalized spacial score (nSPS) is 11.5. The van der Waals surface area contributed by atoms with Crippen LogP contribution in [0.2, 0.25) is 5.02 Å². The highest BCUT2D eigenvalue weighted by Gasteiger charge is 2.21. The van der Waals surface area contributed by atoms with Crippen molar-refractivity contribution in [3.05, 3.63) is 64.0 Å². The van der Waals surface area contributed by atoms with Crippen molar-refractivity contribution in [1.29, 1.82) is 0 Å². The molecule has 0 aliphatic heterocycles. The summed E-state index contributed by atoms with van der Waals surface area (Å²) in [7, 11) is -3.27. The largest absolute Gasteiger partial charge is 0.365 e. The van der Waals surface area contributed by atoms with E-state index in [1.54, 1.807) is 36.4 Å². The summed E-state index contributed by atoms with van der Waals surface area (Å²) in [6, 6.07) is 14.0. The summed E-state index contributed by atoms with van der Waals surface area (Å²) >= 11 is 7.30. The van der Waals surface area contributed by atoms with Gasteiger partial charge in [0.25, 0.3) is 5.91 Å². The maximum absolute atomic E-state index is 11.8. The number of rotatable bonds is 4. The Bertz CT molecular complexity index is 1080. The smallest absolute Gasteiger partial charge is 0.259 e. The van der Waals surface area contributed by atoms with Gasteiger partial charge in [-0.2, -0.15) is 0 Å². The Morgan fingerprint density at radius 3 is 2.04 bits per heavy atom. The average Bonchev–Trinajstić information content (AvgIpc) is 2.92. The van der Waals surface area contributed by atoms with Gasteiger partial charge >= 0.3 is 0 Å². The zero-order valence-electron chi connectivity index (χ0n) is 14.1. The van der Waals surface area contributed by atoms with Crippen molar-refractivity contribution in [2.75, 3.05) is 6.26 Å². The van der Waals surface area contributed by atoms with Gasteiger partial charge in [-0.05, 0) is 47.9 Å². The van der Waals surface area contributed by atoms with E-state index in [0.29, 0.717) is 9.90 Å². The molecule has 0 atom stereocenters. The van der Waals surface area contributed by atoms with Gasteiger partial charge in [0.1, 0.15) is 0 Å². The van der Waals surface area contributed by atoms with Crippen LogP contribution in [0.4, 0.5) is 0 Å². The fraction of sp³-hybridized carbons (Fsp3) is 0.105. The molecule has 1 aromatic heterocycles. The van der Waals surface area contributed by atoms with Crippen molar-refractivity contribution < 1.29 is 13.2 Å². The Morgan fingerprint density at radius 1 is 1.00 bits per heavy atom. The van der Waals surface area contributed by atoms with Crippen molar-refractivity contribution in [2.24, 2.45) is 5.73 Å². The Labute approximate surface area is 161 Å². The first kappa shape index (κ1) is 18.6. The minimum atomic E-state index is -3.27. The first-order valence-electron chi connectivity index (χ1n) is 7.68. The van der Waals surface area contributed by atoms with Crippen molar-refractivity contribution >= 4 is 38.7 Å². The first-order chi connectivity index (χ1) is 12.2. The summed E-state index contributed by atoms with van der Waals surface area (Å²) in [5, 5.41) is 0.621. The van der Waals surface area contributed by atoms with Crippen molar-refractivity contribution in [2.45, 2.75) is 11.8 Å². The van der Waals surface area contributed by atoms with E-state index < -0.39 is 15.7 Å². The summed E-state index contributed by atoms with van der Waals surface area (Å²) in [5.41, 5.74) is 8.91. The third-order valence-corrected chi connectivity index (χ3v) is 6.78. The van der Waals surface area contributed by atoms with Gasteiger partial charge in [0, 0.05) is 21.7 Å². The van der Waals surface area contributed by atoms with Crippen LogP contribution in [0.25, 0.3) is 21.6 Å². The Balaban J connectivity index is 2.22. The molecule has 26 heavy (non-hydrogen) atoms.